The Bertz CT molecular complexity index is 770. The van der Waals surface area contributed by atoms with Gasteiger partial charge in [-0.05, 0) is 31.9 Å². The number of carbonyl (C=O) groups excluding carboxylic acids is 2. The second-order valence-corrected chi connectivity index (χ2v) is 6.20. The van der Waals surface area contributed by atoms with Gasteiger partial charge in [0, 0.05) is 26.2 Å². The zero-order valence-corrected chi connectivity index (χ0v) is 14.6. The summed E-state index contributed by atoms with van der Waals surface area (Å²) in [7, 11) is 0. The molecule has 25 heavy (non-hydrogen) atoms. The molecule has 0 aliphatic carbocycles. The van der Waals surface area contributed by atoms with E-state index < -0.39 is 0 Å². The Balaban J connectivity index is 1.78. The fourth-order valence-corrected chi connectivity index (χ4v) is 3.13. The van der Waals surface area contributed by atoms with Crippen LogP contribution in [0.25, 0.3) is 0 Å². The SMILES string of the molecule is CCn1cc(C(=O)N2CCC[C@H]2c2cccc(CNC(C)=O)n2)cn1. The van der Waals surface area contributed by atoms with E-state index in [-0.39, 0.29) is 17.9 Å². The highest BCUT2D eigenvalue weighted by molar-refractivity contribution is 5.94. The van der Waals surface area contributed by atoms with Gasteiger partial charge < -0.3 is 10.2 Å². The number of aromatic nitrogens is 3. The van der Waals surface area contributed by atoms with Crippen LogP contribution < -0.4 is 5.32 Å². The van der Waals surface area contributed by atoms with Crippen LogP contribution in [0.2, 0.25) is 0 Å². The predicted octanol–water partition coefficient (Wildman–Crippen LogP) is 1.91. The number of pyridine rings is 1. The normalized spacial score (nSPS) is 16.9. The van der Waals surface area contributed by atoms with Gasteiger partial charge in [-0.1, -0.05) is 6.07 Å². The van der Waals surface area contributed by atoms with Gasteiger partial charge in [-0.2, -0.15) is 5.10 Å². The van der Waals surface area contributed by atoms with Crippen LogP contribution in [0.3, 0.4) is 0 Å². The van der Waals surface area contributed by atoms with Crippen molar-refractivity contribution in [2.24, 2.45) is 0 Å². The van der Waals surface area contributed by atoms with Crippen molar-refractivity contribution in [3.8, 4) is 0 Å². The Kier molecular flexibility index (Phi) is 5.11. The molecule has 0 saturated carbocycles. The number of aryl methyl sites for hydroxylation is 1. The molecule has 0 aromatic carbocycles. The summed E-state index contributed by atoms with van der Waals surface area (Å²) >= 11 is 0. The molecule has 0 radical (unpaired) electrons. The smallest absolute Gasteiger partial charge is 0.257 e. The average molecular weight is 341 g/mol. The van der Waals surface area contributed by atoms with Crippen LogP contribution >= 0.6 is 0 Å². The molecule has 1 aliphatic heterocycles. The van der Waals surface area contributed by atoms with Gasteiger partial charge in [0.15, 0.2) is 0 Å². The molecule has 1 fully saturated rings. The molecule has 0 unspecified atom stereocenters. The number of nitrogens with zero attached hydrogens (tertiary/aromatic N) is 4. The molecule has 1 aliphatic rings. The Labute approximate surface area is 147 Å². The lowest BCUT2D eigenvalue weighted by molar-refractivity contribution is -0.119. The lowest BCUT2D eigenvalue weighted by Gasteiger charge is -2.24. The van der Waals surface area contributed by atoms with Crippen molar-refractivity contribution >= 4 is 11.8 Å². The van der Waals surface area contributed by atoms with Gasteiger partial charge in [0.25, 0.3) is 5.91 Å². The molecule has 0 bridgehead atoms. The zero-order valence-electron chi connectivity index (χ0n) is 14.6. The van der Waals surface area contributed by atoms with Crippen molar-refractivity contribution in [2.45, 2.75) is 45.8 Å². The third-order valence-electron chi connectivity index (χ3n) is 4.41. The number of hydrogen-bond donors (Lipinski definition) is 1. The third-order valence-corrected chi connectivity index (χ3v) is 4.41. The van der Waals surface area contributed by atoms with Crippen molar-refractivity contribution in [1.29, 1.82) is 0 Å². The molecule has 7 heteroatoms. The Morgan fingerprint density at radius 1 is 1.36 bits per heavy atom. The molecule has 2 amide bonds. The molecular weight excluding hydrogens is 318 g/mol. The van der Waals surface area contributed by atoms with Gasteiger partial charge in [-0.3, -0.25) is 19.3 Å². The number of carbonyl (C=O) groups is 2. The Morgan fingerprint density at radius 3 is 2.92 bits per heavy atom. The fraction of sp³-hybridized carbons (Fsp3) is 0.444. The van der Waals surface area contributed by atoms with Gasteiger partial charge in [0.2, 0.25) is 5.91 Å². The average Bonchev–Trinajstić information content (AvgIpc) is 3.28. The van der Waals surface area contributed by atoms with Gasteiger partial charge in [0.1, 0.15) is 0 Å². The highest BCUT2D eigenvalue weighted by Crippen LogP contribution is 2.32. The summed E-state index contributed by atoms with van der Waals surface area (Å²) in [4.78, 5) is 30.5. The molecule has 132 valence electrons. The minimum Gasteiger partial charge on any atom is -0.351 e. The molecule has 1 atom stereocenters. The van der Waals surface area contributed by atoms with E-state index in [2.05, 4.69) is 15.4 Å². The molecule has 3 rings (SSSR count). The summed E-state index contributed by atoms with van der Waals surface area (Å²) in [5.41, 5.74) is 2.28. The van der Waals surface area contributed by atoms with Crippen LogP contribution in [-0.2, 0) is 17.9 Å². The van der Waals surface area contributed by atoms with Crippen LogP contribution in [0.1, 0.15) is 54.5 Å². The van der Waals surface area contributed by atoms with E-state index in [9.17, 15) is 9.59 Å². The summed E-state index contributed by atoms with van der Waals surface area (Å²) in [6.45, 7) is 5.33. The summed E-state index contributed by atoms with van der Waals surface area (Å²) in [5, 5.41) is 6.95. The summed E-state index contributed by atoms with van der Waals surface area (Å²) in [6, 6.07) is 5.72. The molecule has 3 heterocycles. The van der Waals surface area contributed by atoms with Crippen molar-refractivity contribution in [3.05, 3.63) is 47.5 Å². The van der Waals surface area contributed by atoms with E-state index in [1.54, 1.807) is 17.1 Å². The van der Waals surface area contributed by atoms with Gasteiger partial charge >= 0.3 is 0 Å². The quantitative estimate of drug-likeness (QED) is 0.901. The lowest BCUT2D eigenvalue weighted by atomic mass is 10.1. The summed E-state index contributed by atoms with van der Waals surface area (Å²) in [6.07, 6.45) is 5.26. The highest BCUT2D eigenvalue weighted by Gasteiger charge is 2.32. The maximum Gasteiger partial charge on any atom is 0.257 e. The van der Waals surface area contributed by atoms with E-state index in [1.165, 1.54) is 6.92 Å². The first-order valence-corrected chi connectivity index (χ1v) is 8.62. The monoisotopic (exact) mass is 341 g/mol. The van der Waals surface area contributed by atoms with Crippen LogP contribution in [0.5, 0.6) is 0 Å². The fourth-order valence-electron chi connectivity index (χ4n) is 3.13. The van der Waals surface area contributed by atoms with Crippen molar-refractivity contribution in [2.75, 3.05) is 6.54 Å². The van der Waals surface area contributed by atoms with E-state index in [0.29, 0.717) is 12.1 Å². The molecule has 1 N–H and O–H groups in total. The number of likely N-dealkylation sites (tertiary alicyclic amines) is 1. The third kappa shape index (κ3) is 3.87. The van der Waals surface area contributed by atoms with Crippen LogP contribution in [-0.4, -0.2) is 38.0 Å². The largest absolute Gasteiger partial charge is 0.351 e. The van der Waals surface area contributed by atoms with Crippen molar-refractivity contribution < 1.29 is 9.59 Å². The van der Waals surface area contributed by atoms with E-state index in [0.717, 1.165) is 37.3 Å². The van der Waals surface area contributed by atoms with Crippen LogP contribution in [0, 0.1) is 0 Å². The molecular formula is C18H23N5O2. The Hall–Kier alpha value is -2.70. The first-order valence-electron chi connectivity index (χ1n) is 8.62. The lowest BCUT2D eigenvalue weighted by Crippen LogP contribution is -2.31. The van der Waals surface area contributed by atoms with Crippen molar-refractivity contribution in [3.63, 3.8) is 0 Å². The minimum absolute atomic E-state index is 0.00346. The number of nitrogens with one attached hydrogen (secondary N) is 1. The first-order chi connectivity index (χ1) is 12.1. The standard InChI is InChI=1S/C18H23N5O2/c1-3-22-12-14(10-20-22)18(25)23-9-5-8-17(23)16-7-4-6-15(21-16)11-19-13(2)24/h4,6-7,10,12,17H,3,5,8-9,11H2,1-2H3,(H,19,24)/t17-/m0/s1. The van der Waals surface area contributed by atoms with Crippen LogP contribution in [0.4, 0.5) is 0 Å². The second kappa shape index (κ2) is 7.46. The van der Waals surface area contributed by atoms with E-state index in [4.69, 9.17) is 0 Å². The van der Waals surface area contributed by atoms with Gasteiger partial charge in [-0.15, -0.1) is 0 Å². The summed E-state index contributed by atoms with van der Waals surface area (Å²) in [5.74, 6) is -0.0888. The zero-order chi connectivity index (χ0) is 17.8. The highest BCUT2D eigenvalue weighted by atomic mass is 16.2. The number of hydrogen-bond acceptors (Lipinski definition) is 4. The molecule has 7 nitrogen and oxygen atoms in total. The summed E-state index contributed by atoms with van der Waals surface area (Å²) < 4.78 is 1.75. The molecule has 1 saturated heterocycles. The molecule has 0 spiro atoms. The van der Waals surface area contributed by atoms with Crippen LogP contribution in [0.15, 0.2) is 30.6 Å². The Morgan fingerprint density at radius 2 is 2.20 bits per heavy atom. The number of amides is 2. The minimum atomic E-state index is -0.0854. The molecule has 2 aromatic heterocycles. The topological polar surface area (TPSA) is 80.1 Å². The van der Waals surface area contributed by atoms with Gasteiger partial charge in [-0.25, -0.2) is 0 Å². The van der Waals surface area contributed by atoms with E-state index in [1.807, 2.05) is 30.0 Å². The maximum absolute atomic E-state index is 12.8. The van der Waals surface area contributed by atoms with Crippen molar-refractivity contribution in [1.82, 2.24) is 25.0 Å². The predicted molar refractivity (Wildman–Crippen MR) is 92.7 cm³/mol. The maximum atomic E-state index is 12.8. The van der Waals surface area contributed by atoms with E-state index >= 15 is 0 Å². The first kappa shape index (κ1) is 17.1. The number of rotatable bonds is 5. The second-order valence-electron chi connectivity index (χ2n) is 6.20. The van der Waals surface area contributed by atoms with Gasteiger partial charge in [0.05, 0.1) is 35.7 Å². The molecule has 2 aromatic rings.